The van der Waals surface area contributed by atoms with Gasteiger partial charge in [0.1, 0.15) is 10.6 Å². The van der Waals surface area contributed by atoms with Crippen molar-refractivity contribution in [3.05, 3.63) is 40.6 Å². The third kappa shape index (κ3) is 3.92. The van der Waals surface area contributed by atoms with Crippen molar-refractivity contribution in [2.24, 2.45) is 0 Å². The van der Waals surface area contributed by atoms with Gasteiger partial charge in [-0.3, -0.25) is 14.6 Å². The molecule has 3 rings (SSSR count). The van der Waals surface area contributed by atoms with Gasteiger partial charge in [-0.2, -0.15) is 0 Å². The molecule has 0 saturated heterocycles. The first kappa shape index (κ1) is 15.6. The number of anilines is 1. The minimum Gasteiger partial charge on any atom is -0.349 e. The second-order valence-corrected chi connectivity index (χ2v) is 6.43. The second kappa shape index (κ2) is 7.32. The van der Waals surface area contributed by atoms with Crippen molar-refractivity contribution < 1.29 is 9.59 Å². The molecule has 7 heteroatoms. The molecule has 23 heavy (non-hydrogen) atoms. The van der Waals surface area contributed by atoms with Crippen LogP contribution in [0.4, 0.5) is 5.69 Å². The number of rotatable bonds is 4. The number of carbonyl (C=O) groups excluding carboxylic acids is 2. The molecule has 0 aliphatic heterocycles. The molecular weight excluding hydrogens is 312 g/mol. The standard InChI is InChI=1S/C16H18N4O2S/c21-15(13-10-17-7-8-18-13)20-12-6-9-23-14(12)16(22)19-11-4-2-1-3-5-11/h6-11H,1-5H2,(H,19,22)(H,20,21). The van der Waals surface area contributed by atoms with E-state index in [1.807, 2.05) is 0 Å². The summed E-state index contributed by atoms with van der Waals surface area (Å²) in [6.45, 7) is 0. The topological polar surface area (TPSA) is 84.0 Å². The van der Waals surface area contributed by atoms with Gasteiger partial charge in [0.05, 0.1) is 11.9 Å². The Morgan fingerprint density at radius 1 is 1.13 bits per heavy atom. The van der Waals surface area contributed by atoms with E-state index >= 15 is 0 Å². The van der Waals surface area contributed by atoms with Gasteiger partial charge in [0, 0.05) is 18.4 Å². The number of thiophene rings is 1. The molecule has 1 saturated carbocycles. The monoisotopic (exact) mass is 330 g/mol. The molecule has 0 unspecified atom stereocenters. The Balaban J connectivity index is 1.67. The Morgan fingerprint density at radius 2 is 1.96 bits per heavy atom. The number of nitrogens with one attached hydrogen (secondary N) is 2. The summed E-state index contributed by atoms with van der Waals surface area (Å²) in [4.78, 5) is 32.9. The summed E-state index contributed by atoms with van der Waals surface area (Å²) in [5.74, 6) is -0.496. The average molecular weight is 330 g/mol. The number of carbonyl (C=O) groups is 2. The lowest BCUT2D eigenvalue weighted by Gasteiger charge is -2.22. The zero-order valence-electron chi connectivity index (χ0n) is 12.6. The van der Waals surface area contributed by atoms with Gasteiger partial charge >= 0.3 is 0 Å². The molecule has 2 amide bonds. The van der Waals surface area contributed by atoms with Gasteiger partial charge in [-0.1, -0.05) is 19.3 Å². The molecule has 2 aromatic rings. The molecule has 6 nitrogen and oxygen atoms in total. The summed E-state index contributed by atoms with van der Waals surface area (Å²) >= 11 is 1.32. The van der Waals surface area contributed by atoms with Crippen LogP contribution < -0.4 is 10.6 Å². The SMILES string of the molecule is O=C(Nc1ccsc1C(=O)NC1CCCCC1)c1cnccn1. The molecular formula is C16H18N4O2S. The summed E-state index contributed by atoms with van der Waals surface area (Å²) in [5.41, 5.74) is 0.733. The van der Waals surface area contributed by atoms with Crippen LogP contribution in [0, 0.1) is 0 Å². The lowest BCUT2D eigenvalue weighted by atomic mass is 9.95. The zero-order valence-corrected chi connectivity index (χ0v) is 13.4. The fourth-order valence-corrected chi connectivity index (χ4v) is 3.44. The van der Waals surface area contributed by atoms with E-state index in [0.717, 1.165) is 25.7 Å². The minimum atomic E-state index is -0.372. The second-order valence-electron chi connectivity index (χ2n) is 5.52. The quantitative estimate of drug-likeness (QED) is 0.903. The van der Waals surface area contributed by atoms with Gasteiger partial charge in [0.15, 0.2) is 0 Å². The van der Waals surface area contributed by atoms with Crippen LogP contribution in [0.3, 0.4) is 0 Å². The number of hydrogen-bond acceptors (Lipinski definition) is 5. The average Bonchev–Trinajstić information content (AvgIpc) is 3.05. The van der Waals surface area contributed by atoms with Crippen LogP contribution in [0.15, 0.2) is 30.0 Å². The van der Waals surface area contributed by atoms with Crippen LogP contribution in [-0.2, 0) is 0 Å². The summed E-state index contributed by atoms with van der Waals surface area (Å²) in [5, 5.41) is 7.59. The Kier molecular flexibility index (Phi) is 4.97. The lowest BCUT2D eigenvalue weighted by Crippen LogP contribution is -2.36. The smallest absolute Gasteiger partial charge is 0.275 e. The maximum atomic E-state index is 12.4. The van der Waals surface area contributed by atoms with Crippen LogP contribution in [0.25, 0.3) is 0 Å². The van der Waals surface area contributed by atoms with Crippen molar-refractivity contribution in [3.8, 4) is 0 Å². The first-order valence-electron chi connectivity index (χ1n) is 7.70. The Morgan fingerprint density at radius 3 is 2.70 bits per heavy atom. The van der Waals surface area contributed by atoms with Crippen LogP contribution >= 0.6 is 11.3 Å². The van der Waals surface area contributed by atoms with E-state index in [-0.39, 0.29) is 23.6 Å². The van der Waals surface area contributed by atoms with Crippen molar-refractivity contribution in [1.82, 2.24) is 15.3 Å². The van der Waals surface area contributed by atoms with E-state index < -0.39 is 0 Å². The zero-order chi connectivity index (χ0) is 16.1. The summed E-state index contributed by atoms with van der Waals surface area (Å²) in [6, 6.07) is 1.97. The Hall–Kier alpha value is -2.28. The van der Waals surface area contributed by atoms with Crippen molar-refractivity contribution in [2.45, 2.75) is 38.1 Å². The number of aromatic nitrogens is 2. The highest BCUT2D eigenvalue weighted by Gasteiger charge is 2.20. The van der Waals surface area contributed by atoms with E-state index in [2.05, 4.69) is 20.6 Å². The van der Waals surface area contributed by atoms with Gasteiger partial charge in [-0.05, 0) is 24.3 Å². The third-order valence-electron chi connectivity index (χ3n) is 3.86. The molecule has 0 atom stereocenters. The summed E-state index contributed by atoms with van der Waals surface area (Å²) < 4.78 is 0. The molecule has 120 valence electrons. The molecule has 0 radical (unpaired) electrons. The molecule has 0 aromatic carbocycles. The highest BCUT2D eigenvalue weighted by atomic mass is 32.1. The van der Waals surface area contributed by atoms with Crippen LogP contribution in [0.2, 0.25) is 0 Å². The van der Waals surface area contributed by atoms with E-state index in [1.54, 1.807) is 11.4 Å². The third-order valence-corrected chi connectivity index (χ3v) is 4.77. The molecule has 0 spiro atoms. The highest BCUT2D eigenvalue weighted by Crippen LogP contribution is 2.24. The fourth-order valence-electron chi connectivity index (χ4n) is 2.68. The molecule has 1 aliphatic rings. The number of hydrogen-bond donors (Lipinski definition) is 2. The van der Waals surface area contributed by atoms with Gasteiger partial charge in [-0.15, -0.1) is 11.3 Å². The van der Waals surface area contributed by atoms with E-state index in [1.165, 1.54) is 36.3 Å². The maximum Gasteiger partial charge on any atom is 0.275 e. The van der Waals surface area contributed by atoms with E-state index in [9.17, 15) is 9.59 Å². The summed E-state index contributed by atoms with van der Waals surface area (Å²) in [6.07, 6.45) is 9.96. The van der Waals surface area contributed by atoms with Crippen LogP contribution in [0.5, 0.6) is 0 Å². The first-order valence-corrected chi connectivity index (χ1v) is 8.58. The van der Waals surface area contributed by atoms with E-state index in [0.29, 0.717) is 10.6 Å². The van der Waals surface area contributed by atoms with Gasteiger partial charge in [0.2, 0.25) is 0 Å². The summed E-state index contributed by atoms with van der Waals surface area (Å²) in [7, 11) is 0. The fraction of sp³-hybridized carbons (Fsp3) is 0.375. The lowest BCUT2D eigenvalue weighted by molar-refractivity contribution is 0.0932. The van der Waals surface area contributed by atoms with Gasteiger partial charge < -0.3 is 10.6 Å². The largest absolute Gasteiger partial charge is 0.349 e. The molecule has 1 aliphatic carbocycles. The highest BCUT2D eigenvalue weighted by molar-refractivity contribution is 7.12. The van der Waals surface area contributed by atoms with Crippen LogP contribution in [-0.4, -0.2) is 27.8 Å². The number of amides is 2. The Bertz CT molecular complexity index is 680. The van der Waals surface area contributed by atoms with Crippen molar-refractivity contribution in [1.29, 1.82) is 0 Å². The van der Waals surface area contributed by atoms with Crippen molar-refractivity contribution >= 4 is 28.8 Å². The van der Waals surface area contributed by atoms with Gasteiger partial charge in [-0.25, -0.2) is 4.98 Å². The molecule has 2 aromatic heterocycles. The van der Waals surface area contributed by atoms with Crippen LogP contribution in [0.1, 0.15) is 52.3 Å². The molecule has 0 bridgehead atoms. The van der Waals surface area contributed by atoms with Gasteiger partial charge in [0.25, 0.3) is 11.8 Å². The van der Waals surface area contributed by atoms with E-state index in [4.69, 9.17) is 0 Å². The van der Waals surface area contributed by atoms with Crippen molar-refractivity contribution in [2.75, 3.05) is 5.32 Å². The normalized spacial score (nSPS) is 15.1. The predicted octanol–water partition coefficient (Wildman–Crippen LogP) is 2.85. The molecule has 2 heterocycles. The van der Waals surface area contributed by atoms with Crippen molar-refractivity contribution in [3.63, 3.8) is 0 Å². The predicted molar refractivity (Wildman–Crippen MR) is 88.6 cm³/mol. The molecule has 1 fully saturated rings. The maximum absolute atomic E-state index is 12.4. The first-order chi connectivity index (χ1) is 11.2. The number of nitrogens with zero attached hydrogens (tertiary/aromatic N) is 2. The minimum absolute atomic E-state index is 0.124. The molecule has 2 N–H and O–H groups in total. The Labute approximate surface area is 138 Å².